The van der Waals surface area contributed by atoms with Gasteiger partial charge in [0.1, 0.15) is 0 Å². The van der Waals surface area contributed by atoms with Gasteiger partial charge in [-0.1, -0.05) is 22.0 Å². The van der Waals surface area contributed by atoms with Crippen LogP contribution in [0.3, 0.4) is 0 Å². The Morgan fingerprint density at radius 1 is 1.30 bits per heavy atom. The smallest absolute Gasteiger partial charge is 0.296 e. The lowest BCUT2D eigenvalue weighted by molar-refractivity contribution is -0.112. The fourth-order valence-corrected chi connectivity index (χ4v) is 2.37. The first-order valence-corrected chi connectivity index (χ1v) is 6.81. The number of anilines is 1. The number of Topliss-reactive ketones (excluding diaryl/α,β-unsaturated/α-hetero) is 1. The average molecular weight is 336 g/mol. The number of halogens is 1. The Bertz CT molecular complexity index is 692. The number of rotatable bonds is 3. The van der Waals surface area contributed by atoms with Crippen molar-refractivity contribution in [2.45, 2.75) is 13.8 Å². The summed E-state index contributed by atoms with van der Waals surface area (Å²) in [5.41, 5.74) is 2.16. The maximum atomic E-state index is 12.2. The SMILES string of the molecule is Cc1nn(C)c(C)c1C(=O)C(=O)Nc1cccc(Br)c1. The van der Waals surface area contributed by atoms with Gasteiger partial charge in [-0.15, -0.1) is 0 Å². The van der Waals surface area contributed by atoms with E-state index < -0.39 is 11.7 Å². The minimum atomic E-state index is -0.665. The maximum absolute atomic E-state index is 12.2. The Morgan fingerprint density at radius 2 is 2.00 bits per heavy atom. The molecule has 6 heteroatoms. The van der Waals surface area contributed by atoms with E-state index in [0.717, 1.165) is 4.47 Å². The van der Waals surface area contributed by atoms with Gasteiger partial charge in [-0.3, -0.25) is 14.3 Å². The van der Waals surface area contributed by atoms with Gasteiger partial charge in [-0.2, -0.15) is 5.10 Å². The van der Waals surface area contributed by atoms with Crippen molar-refractivity contribution < 1.29 is 9.59 Å². The van der Waals surface area contributed by atoms with Crippen LogP contribution in [0.5, 0.6) is 0 Å². The summed E-state index contributed by atoms with van der Waals surface area (Å²) in [6.07, 6.45) is 0. The summed E-state index contributed by atoms with van der Waals surface area (Å²) in [6.45, 7) is 3.48. The summed E-state index contributed by atoms with van der Waals surface area (Å²) >= 11 is 3.31. The molecule has 1 N–H and O–H groups in total. The van der Waals surface area contributed by atoms with Crippen LogP contribution in [0.25, 0.3) is 0 Å². The van der Waals surface area contributed by atoms with Gasteiger partial charge in [-0.25, -0.2) is 0 Å². The fourth-order valence-electron chi connectivity index (χ4n) is 1.97. The largest absolute Gasteiger partial charge is 0.319 e. The minimum Gasteiger partial charge on any atom is -0.319 e. The van der Waals surface area contributed by atoms with Crippen LogP contribution in [0.1, 0.15) is 21.7 Å². The van der Waals surface area contributed by atoms with E-state index in [1.54, 1.807) is 43.8 Å². The second-order valence-corrected chi connectivity index (χ2v) is 5.38. The fraction of sp³-hybridized carbons (Fsp3) is 0.214. The number of aryl methyl sites for hydroxylation is 2. The van der Waals surface area contributed by atoms with E-state index in [4.69, 9.17) is 0 Å². The molecule has 0 radical (unpaired) electrons. The monoisotopic (exact) mass is 335 g/mol. The maximum Gasteiger partial charge on any atom is 0.296 e. The lowest BCUT2D eigenvalue weighted by Gasteiger charge is -2.05. The van der Waals surface area contributed by atoms with Crippen LogP contribution in [0.15, 0.2) is 28.7 Å². The first-order valence-electron chi connectivity index (χ1n) is 6.01. The van der Waals surface area contributed by atoms with Gasteiger partial charge in [0.15, 0.2) is 0 Å². The van der Waals surface area contributed by atoms with Crippen LogP contribution in [0, 0.1) is 13.8 Å². The zero-order chi connectivity index (χ0) is 14.9. The molecular formula is C14H14BrN3O2. The summed E-state index contributed by atoms with van der Waals surface area (Å²) in [4.78, 5) is 24.2. The van der Waals surface area contributed by atoms with E-state index in [0.29, 0.717) is 22.6 Å². The number of hydrogen-bond acceptors (Lipinski definition) is 3. The van der Waals surface area contributed by atoms with Gasteiger partial charge in [0.2, 0.25) is 0 Å². The highest BCUT2D eigenvalue weighted by atomic mass is 79.9. The van der Waals surface area contributed by atoms with Gasteiger partial charge >= 0.3 is 0 Å². The van der Waals surface area contributed by atoms with Gasteiger partial charge in [0.25, 0.3) is 11.7 Å². The molecule has 1 amide bonds. The third kappa shape index (κ3) is 2.80. The Labute approximate surface area is 125 Å². The zero-order valence-corrected chi connectivity index (χ0v) is 13.0. The summed E-state index contributed by atoms with van der Waals surface area (Å²) in [7, 11) is 1.74. The van der Waals surface area contributed by atoms with E-state index in [1.807, 2.05) is 6.07 Å². The highest BCUT2D eigenvalue weighted by Crippen LogP contribution is 2.17. The van der Waals surface area contributed by atoms with Crippen LogP contribution in [-0.4, -0.2) is 21.5 Å². The number of carbonyl (C=O) groups excluding carboxylic acids is 2. The van der Waals surface area contributed by atoms with E-state index in [1.165, 1.54) is 0 Å². The van der Waals surface area contributed by atoms with E-state index in [9.17, 15) is 9.59 Å². The van der Waals surface area contributed by atoms with Gasteiger partial charge in [0.05, 0.1) is 11.3 Å². The Kier molecular flexibility index (Phi) is 4.04. The number of hydrogen-bond donors (Lipinski definition) is 1. The highest BCUT2D eigenvalue weighted by molar-refractivity contribution is 9.10. The third-order valence-electron chi connectivity index (χ3n) is 3.02. The molecule has 104 valence electrons. The summed E-state index contributed by atoms with van der Waals surface area (Å²) in [6, 6.07) is 7.07. The van der Waals surface area contributed by atoms with E-state index >= 15 is 0 Å². The Balaban J connectivity index is 2.23. The molecule has 0 spiro atoms. The van der Waals surface area contributed by atoms with Crippen molar-refractivity contribution in [2.24, 2.45) is 7.05 Å². The van der Waals surface area contributed by atoms with Crippen molar-refractivity contribution in [3.8, 4) is 0 Å². The molecule has 1 heterocycles. The standard InChI is InChI=1S/C14H14BrN3O2/c1-8-12(9(2)18(3)17-8)13(19)14(20)16-11-6-4-5-10(15)7-11/h4-7H,1-3H3,(H,16,20). The van der Waals surface area contributed by atoms with Crippen molar-refractivity contribution in [1.29, 1.82) is 0 Å². The molecule has 5 nitrogen and oxygen atoms in total. The van der Waals surface area contributed by atoms with E-state index in [2.05, 4.69) is 26.3 Å². The molecule has 2 aromatic rings. The van der Waals surface area contributed by atoms with Gasteiger partial charge in [-0.05, 0) is 32.0 Å². The Morgan fingerprint density at radius 3 is 2.55 bits per heavy atom. The average Bonchev–Trinajstić information content (AvgIpc) is 2.62. The predicted octanol–water partition coefficient (Wildman–Crippen LogP) is 2.62. The summed E-state index contributed by atoms with van der Waals surface area (Å²) < 4.78 is 2.42. The lowest BCUT2D eigenvalue weighted by atomic mass is 10.1. The molecule has 2 rings (SSSR count). The minimum absolute atomic E-state index is 0.361. The number of nitrogens with zero attached hydrogens (tertiary/aromatic N) is 2. The van der Waals surface area contributed by atoms with Crippen molar-refractivity contribution in [2.75, 3.05) is 5.32 Å². The van der Waals surface area contributed by atoms with E-state index in [-0.39, 0.29) is 0 Å². The molecule has 1 aromatic carbocycles. The molecule has 0 saturated carbocycles. The molecule has 0 aliphatic carbocycles. The predicted molar refractivity (Wildman–Crippen MR) is 79.8 cm³/mol. The highest BCUT2D eigenvalue weighted by Gasteiger charge is 2.23. The van der Waals surface area contributed by atoms with Crippen LogP contribution in [0.2, 0.25) is 0 Å². The van der Waals surface area contributed by atoms with Crippen LogP contribution < -0.4 is 5.32 Å². The third-order valence-corrected chi connectivity index (χ3v) is 3.52. The second kappa shape index (κ2) is 5.58. The number of amides is 1. The topological polar surface area (TPSA) is 64.0 Å². The molecule has 0 unspecified atom stereocenters. The zero-order valence-electron chi connectivity index (χ0n) is 11.4. The number of ketones is 1. The quantitative estimate of drug-likeness (QED) is 0.692. The van der Waals surface area contributed by atoms with Crippen LogP contribution >= 0.6 is 15.9 Å². The van der Waals surface area contributed by atoms with Crippen molar-refractivity contribution in [3.05, 3.63) is 45.7 Å². The lowest BCUT2D eigenvalue weighted by Crippen LogP contribution is -2.24. The summed E-state index contributed by atoms with van der Waals surface area (Å²) in [5.74, 6) is -1.24. The second-order valence-electron chi connectivity index (χ2n) is 4.46. The molecule has 0 bridgehead atoms. The van der Waals surface area contributed by atoms with Gasteiger partial charge in [0, 0.05) is 22.9 Å². The number of carbonyl (C=O) groups is 2. The first-order chi connectivity index (χ1) is 9.40. The first kappa shape index (κ1) is 14.5. The number of nitrogens with one attached hydrogen (secondary N) is 1. The molecule has 0 aliphatic rings. The molecule has 0 saturated heterocycles. The van der Waals surface area contributed by atoms with Crippen LogP contribution in [0.4, 0.5) is 5.69 Å². The molecule has 0 fully saturated rings. The molecule has 20 heavy (non-hydrogen) atoms. The molecule has 0 aliphatic heterocycles. The van der Waals surface area contributed by atoms with Crippen molar-refractivity contribution in [1.82, 2.24) is 9.78 Å². The Hall–Kier alpha value is -1.95. The number of aromatic nitrogens is 2. The van der Waals surface area contributed by atoms with Crippen LogP contribution in [-0.2, 0) is 11.8 Å². The molecular weight excluding hydrogens is 322 g/mol. The summed E-state index contributed by atoms with van der Waals surface area (Å²) in [5, 5.41) is 6.73. The van der Waals surface area contributed by atoms with Crippen molar-refractivity contribution in [3.63, 3.8) is 0 Å². The normalized spacial score (nSPS) is 10.4. The molecule has 1 aromatic heterocycles. The molecule has 0 atom stereocenters. The van der Waals surface area contributed by atoms with Crippen molar-refractivity contribution >= 4 is 33.3 Å². The van der Waals surface area contributed by atoms with Gasteiger partial charge < -0.3 is 5.32 Å². The number of benzene rings is 1.